The number of anilines is 1. The number of hydrogen-bond acceptors (Lipinski definition) is 3. The molecule has 0 aliphatic heterocycles. The van der Waals surface area contributed by atoms with Gasteiger partial charge in [0.1, 0.15) is 5.82 Å². The van der Waals surface area contributed by atoms with Crippen molar-refractivity contribution >= 4 is 21.6 Å². The molecule has 0 bridgehead atoms. The van der Waals surface area contributed by atoms with Gasteiger partial charge in [-0.15, -0.1) is 0 Å². The van der Waals surface area contributed by atoms with Gasteiger partial charge in [0.25, 0.3) is 0 Å². The van der Waals surface area contributed by atoms with Crippen LogP contribution in [-0.2, 0) is 19.4 Å². The maximum absolute atomic E-state index is 5.88. The van der Waals surface area contributed by atoms with Gasteiger partial charge in [-0.25, -0.2) is 9.67 Å². The van der Waals surface area contributed by atoms with Crippen LogP contribution in [0.1, 0.15) is 31.1 Å². The minimum absolute atomic E-state index is 0.696. The van der Waals surface area contributed by atoms with Crippen LogP contribution in [0.2, 0.25) is 0 Å². The monoisotopic (exact) mass is 308 g/mol. The van der Waals surface area contributed by atoms with Crippen LogP contribution in [0.25, 0.3) is 0 Å². The van der Waals surface area contributed by atoms with E-state index < -0.39 is 0 Å². The quantitative estimate of drug-likeness (QED) is 0.884. The summed E-state index contributed by atoms with van der Waals surface area (Å²) in [6.07, 6.45) is 1.74. The van der Waals surface area contributed by atoms with Gasteiger partial charge in [-0.3, -0.25) is 0 Å². The lowest BCUT2D eigenvalue weighted by molar-refractivity contribution is 0.636. The SMILES string of the molecule is CCc1nc(CC)n(Cc2cccc(N)c2Br)n1. The Morgan fingerprint density at radius 2 is 2.06 bits per heavy atom. The van der Waals surface area contributed by atoms with Gasteiger partial charge in [0.15, 0.2) is 5.82 Å². The average molecular weight is 309 g/mol. The summed E-state index contributed by atoms with van der Waals surface area (Å²) in [5.41, 5.74) is 7.76. The van der Waals surface area contributed by atoms with Crippen LogP contribution in [-0.4, -0.2) is 14.8 Å². The standard InChI is InChI=1S/C13H17BrN4/c1-3-11-16-12(4-2)18(17-11)8-9-6-5-7-10(15)13(9)14/h5-7H,3-4,8,15H2,1-2H3. The van der Waals surface area contributed by atoms with Crippen molar-refractivity contribution in [3.63, 3.8) is 0 Å². The van der Waals surface area contributed by atoms with Crippen molar-refractivity contribution < 1.29 is 0 Å². The second kappa shape index (κ2) is 5.52. The van der Waals surface area contributed by atoms with Gasteiger partial charge in [-0.1, -0.05) is 26.0 Å². The molecule has 1 heterocycles. The molecule has 0 aliphatic carbocycles. The first-order valence-electron chi connectivity index (χ1n) is 6.11. The summed E-state index contributed by atoms with van der Waals surface area (Å²) < 4.78 is 2.90. The zero-order chi connectivity index (χ0) is 13.1. The molecule has 1 aromatic heterocycles. The van der Waals surface area contributed by atoms with Crippen molar-refractivity contribution in [2.45, 2.75) is 33.2 Å². The van der Waals surface area contributed by atoms with Gasteiger partial charge in [-0.2, -0.15) is 5.10 Å². The number of aromatic nitrogens is 3. The molecular formula is C13H17BrN4. The fourth-order valence-electron chi connectivity index (χ4n) is 1.85. The molecule has 1 aromatic carbocycles. The van der Waals surface area contributed by atoms with Crippen molar-refractivity contribution in [1.82, 2.24) is 14.8 Å². The highest BCUT2D eigenvalue weighted by atomic mass is 79.9. The number of nitrogens with zero attached hydrogens (tertiary/aromatic N) is 3. The molecule has 0 saturated carbocycles. The number of rotatable bonds is 4. The van der Waals surface area contributed by atoms with Crippen molar-refractivity contribution in [1.29, 1.82) is 0 Å². The Hall–Kier alpha value is -1.36. The molecule has 2 N–H and O–H groups in total. The lowest BCUT2D eigenvalue weighted by atomic mass is 10.2. The molecule has 5 heteroatoms. The second-order valence-corrected chi connectivity index (χ2v) is 4.92. The van der Waals surface area contributed by atoms with E-state index in [1.807, 2.05) is 22.9 Å². The first kappa shape index (κ1) is 13.1. The maximum Gasteiger partial charge on any atom is 0.150 e. The summed E-state index contributed by atoms with van der Waals surface area (Å²) in [7, 11) is 0. The lowest BCUT2D eigenvalue weighted by Crippen LogP contribution is -2.07. The van der Waals surface area contributed by atoms with Gasteiger partial charge < -0.3 is 5.73 Å². The number of benzene rings is 1. The fraction of sp³-hybridized carbons (Fsp3) is 0.385. The number of nitrogens with two attached hydrogens (primary N) is 1. The molecule has 4 nitrogen and oxygen atoms in total. The summed E-state index contributed by atoms with van der Waals surface area (Å²) >= 11 is 3.52. The Balaban J connectivity index is 2.33. The van der Waals surface area contributed by atoms with E-state index >= 15 is 0 Å². The van der Waals surface area contributed by atoms with Crippen molar-refractivity contribution in [3.8, 4) is 0 Å². The summed E-state index contributed by atoms with van der Waals surface area (Å²) in [5.74, 6) is 1.91. The predicted octanol–water partition coefficient (Wildman–Crippen LogP) is 2.80. The largest absolute Gasteiger partial charge is 0.398 e. The van der Waals surface area contributed by atoms with Crippen molar-refractivity contribution in [2.75, 3.05) is 5.73 Å². The highest BCUT2D eigenvalue weighted by Gasteiger charge is 2.10. The second-order valence-electron chi connectivity index (χ2n) is 4.13. The van der Waals surface area contributed by atoms with Gasteiger partial charge in [-0.05, 0) is 27.6 Å². The van der Waals surface area contributed by atoms with Gasteiger partial charge in [0.2, 0.25) is 0 Å². The minimum Gasteiger partial charge on any atom is -0.398 e. The van der Waals surface area contributed by atoms with Crippen LogP contribution >= 0.6 is 15.9 Å². The van der Waals surface area contributed by atoms with Gasteiger partial charge in [0.05, 0.1) is 6.54 Å². The first-order chi connectivity index (χ1) is 8.65. The molecule has 96 valence electrons. The molecule has 18 heavy (non-hydrogen) atoms. The van der Waals surface area contributed by atoms with Crippen LogP contribution in [0.15, 0.2) is 22.7 Å². The molecule has 0 saturated heterocycles. The summed E-state index contributed by atoms with van der Waals surface area (Å²) in [6, 6.07) is 5.89. The first-order valence-corrected chi connectivity index (χ1v) is 6.90. The minimum atomic E-state index is 0.696. The normalized spacial score (nSPS) is 10.8. The molecule has 0 amide bonds. The molecule has 2 rings (SSSR count). The molecule has 0 spiro atoms. The zero-order valence-electron chi connectivity index (χ0n) is 10.7. The molecule has 0 unspecified atom stereocenters. The zero-order valence-corrected chi connectivity index (χ0v) is 12.2. The van der Waals surface area contributed by atoms with Gasteiger partial charge in [0, 0.05) is 23.0 Å². The van der Waals surface area contributed by atoms with Crippen LogP contribution in [0.3, 0.4) is 0 Å². The molecule has 0 aliphatic rings. The lowest BCUT2D eigenvalue weighted by Gasteiger charge is -2.08. The molecule has 0 atom stereocenters. The fourth-order valence-corrected chi connectivity index (χ4v) is 2.24. The number of hydrogen-bond donors (Lipinski definition) is 1. The maximum atomic E-state index is 5.88. The van der Waals surface area contributed by atoms with Crippen LogP contribution < -0.4 is 5.73 Å². The molecule has 0 radical (unpaired) electrons. The summed E-state index contributed by atoms with van der Waals surface area (Å²) in [6.45, 7) is 4.85. The Labute approximate surface area is 115 Å². The Morgan fingerprint density at radius 3 is 2.72 bits per heavy atom. The third-order valence-electron chi connectivity index (χ3n) is 2.85. The number of halogens is 1. The van der Waals surface area contributed by atoms with Crippen LogP contribution in [0.4, 0.5) is 5.69 Å². The van der Waals surface area contributed by atoms with Crippen LogP contribution in [0, 0.1) is 0 Å². The average Bonchev–Trinajstić information content (AvgIpc) is 2.77. The van der Waals surface area contributed by atoms with Crippen molar-refractivity contribution in [2.24, 2.45) is 0 Å². The third-order valence-corrected chi connectivity index (χ3v) is 3.82. The Bertz CT molecular complexity index is 548. The topological polar surface area (TPSA) is 56.7 Å². The van der Waals surface area contributed by atoms with E-state index in [-0.39, 0.29) is 0 Å². The Morgan fingerprint density at radius 1 is 1.28 bits per heavy atom. The number of aryl methyl sites for hydroxylation is 2. The van der Waals surface area contributed by atoms with E-state index in [9.17, 15) is 0 Å². The highest BCUT2D eigenvalue weighted by molar-refractivity contribution is 9.10. The molecular weight excluding hydrogens is 292 g/mol. The Kier molecular flexibility index (Phi) is 4.01. The summed E-state index contributed by atoms with van der Waals surface area (Å²) in [5, 5.41) is 4.51. The van der Waals surface area contributed by atoms with E-state index in [2.05, 4.69) is 39.9 Å². The highest BCUT2D eigenvalue weighted by Crippen LogP contribution is 2.24. The van der Waals surface area contributed by atoms with E-state index in [1.54, 1.807) is 0 Å². The van der Waals surface area contributed by atoms with Crippen molar-refractivity contribution in [3.05, 3.63) is 39.9 Å². The van der Waals surface area contributed by atoms with Gasteiger partial charge >= 0.3 is 0 Å². The van der Waals surface area contributed by atoms with E-state index in [1.165, 1.54) is 0 Å². The van der Waals surface area contributed by atoms with Crippen LogP contribution in [0.5, 0.6) is 0 Å². The van der Waals surface area contributed by atoms with E-state index in [0.29, 0.717) is 6.54 Å². The third kappa shape index (κ3) is 2.56. The van der Waals surface area contributed by atoms with E-state index in [0.717, 1.165) is 40.2 Å². The predicted molar refractivity (Wildman–Crippen MR) is 76.4 cm³/mol. The smallest absolute Gasteiger partial charge is 0.150 e. The number of nitrogen functional groups attached to an aromatic ring is 1. The summed E-state index contributed by atoms with van der Waals surface area (Å²) in [4.78, 5) is 4.50. The van der Waals surface area contributed by atoms with E-state index in [4.69, 9.17) is 5.73 Å². The molecule has 0 fully saturated rings. The molecule has 2 aromatic rings.